The highest BCUT2D eigenvalue weighted by Crippen LogP contribution is 2.24. The molecule has 3 aromatic rings. The van der Waals surface area contributed by atoms with Gasteiger partial charge in [0.2, 0.25) is 0 Å². The summed E-state index contributed by atoms with van der Waals surface area (Å²) in [6.07, 6.45) is 6.59. The molecule has 3 heterocycles. The van der Waals surface area contributed by atoms with Gasteiger partial charge in [-0.2, -0.15) is 0 Å². The van der Waals surface area contributed by atoms with Gasteiger partial charge in [-0.3, -0.25) is 9.88 Å². The Bertz CT molecular complexity index is 826. The van der Waals surface area contributed by atoms with E-state index in [0.29, 0.717) is 0 Å². The largest absolute Gasteiger partial charge is 0.493 e. The van der Waals surface area contributed by atoms with Crippen molar-refractivity contribution >= 4 is 16.6 Å². The molecular weight excluding hydrogens is 324 g/mol. The zero-order chi connectivity index (χ0) is 17.6. The van der Waals surface area contributed by atoms with Gasteiger partial charge in [0.05, 0.1) is 6.61 Å². The lowest BCUT2D eigenvalue weighted by molar-refractivity contribution is 0.225. The first kappa shape index (κ1) is 16.8. The number of anilines is 1. The summed E-state index contributed by atoms with van der Waals surface area (Å²) in [5.74, 6) is 2.03. The van der Waals surface area contributed by atoms with Gasteiger partial charge in [0, 0.05) is 62.1 Å². The van der Waals surface area contributed by atoms with Gasteiger partial charge < -0.3 is 9.64 Å². The van der Waals surface area contributed by atoms with Crippen LogP contribution in [0.5, 0.6) is 5.75 Å². The van der Waals surface area contributed by atoms with Gasteiger partial charge >= 0.3 is 0 Å². The number of piperazine rings is 1. The Kier molecular flexibility index (Phi) is 5.26. The molecule has 1 aliphatic heterocycles. The van der Waals surface area contributed by atoms with E-state index in [0.717, 1.165) is 68.1 Å². The zero-order valence-electron chi connectivity index (χ0n) is 14.9. The maximum absolute atomic E-state index is 6.03. The highest BCUT2D eigenvalue weighted by molar-refractivity contribution is 5.87. The molecule has 1 saturated heterocycles. The number of hydrogen-bond donors (Lipinski definition) is 0. The van der Waals surface area contributed by atoms with E-state index in [1.165, 1.54) is 0 Å². The van der Waals surface area contributed by atoms with E-state index in [4.69, 9.17) is 4.74 Å². The van der Waals surface area contributed by atoms with Crippen LogP contribution in [0.25, 0.3) is 10.8 Å². The zero-order valence-corrected chi connectivity index (χ0v) is 14.9. The summed E-state index contributed by atoms with van der Waals surface area (Å²) in [5, 5.41) is 2.25. The molecule has 2 aromatic heterocycles. The lowest BCUT2D eigenvalue weighted by Gasteiger charge is -2.35. The van der Waals surface area contributed by atoms with Gasteiger partial charge in [-0.25, -0.2) is 4.98 Å². The lowest BCUT2D eigenvalue weighted by Crippen LogP contribution is -2.47. The second-order valence-electron chi connectivity index (χ2n) is 6.57. The second-order valence-corrected chi connectivity index (χ2v) is 6.57. The maximum atomic E-state index is 6.03. The van der Waals surface area contributed by atoms with Gasteiger partial charge in [-0.05, 0) is 30.7 Å². The molecule has 0 spiro atoms. The Balaban J connectivity index is 1.22. The van der Waals surface area contributed by atoms with E-state index in [9.17, 15) is 0 Å². The molecule has 0 saturated carbocycles. The molecule has 5 nitrogen and oxygen atoms in total. The third-order valence-electron chi connectivity index (χ3n) is 4.86. The summed E-state index contributed by atoms with van der Waals surface area (Å²) < 4.78 is 6.03. The Hall–Kier alpha value is -2.66. The predicted molar refractivity (Wildman–Crippen MR) is 105 cm³/mol. The summed E-state index contributed by atoms with van der Waals surface area (Å²) in [6.45, 7) is 6.04. The number of ether oxygens (including phenoxy) is 1. The molecular formula is C21H24N4O. The van der Waals surface area contributed by atoms with E-state index < -0.39 is 0 Å². The number of hydrogen-bond acceptors (Lipinski definition) is 5. The summed E-state index contributed by atoms with van der Waals surface area (Å²) in [6, 6.07) is 14.2. The third kappa shape index (κ3) is 3.94. The number of pyridine rings is 2. The monoisotopic (exact) mass is 348 g/mol. The number of nitrogens with zero attached hydrogens (tertiary/aromatic N) is 4. The van der Waals surface area contributed by atoms with Crippen LogP contribution in [0.3, 0.4) is 0 Å². The van der Waals surface area contributed by atoms with Crippen LogP contribution in [0.4, 0.5) is 5.82 Å². The maximum Gasteiger partial charge on any atom is 0.128 e. The minimum Gasteiger partial charge on any atom is -0.493 e. The van der Waals surface area contributed by atoms with Crippen LogP contribution in [0.2, 0.25) is 0 Å². The molecule has 134 valence electrons. The van der Waals surface area contributed by atoms with Crippen LogP contribution in [-0.2, 0) is 0 Å². The molecule has 0 aliphatic carbocycles. The van der Waals surface area contributed by atoms with Gasteiger partial charge in [0.15, 0.2) is 0 Å². The molecule has 0 atom stereocenters. The van der Waals surface area contributed by atoms with Crippen LogP contribution >= 0.6 is 0 Å². The van der Waals surface area contributed by atoms with Crippen molar-refractivity contribution in [3.63, 3.8) is 0 Å². The van der Waals surface area contributed by atoms with E-state index in [-0.39, 0.29) is 0 Å². The number of aromatic nitrogens is 2. The first-order valence-electron chi connectivity index (χ1n) is 9.24. The SMILES string of the molecule is c1ccc(N2CCN(CCCOc3cccc4cnccc34)CC2)nc1. The smallest absolute Gasteiger partial charge is 0.128 e. The Morgan fingerprint density at radius 3 is 2.69 bits per heavy atom. The Labute approximate surface area is 154 Å². The van der Waals surface area contributed by atoms with E-state index in [1.807, 2.05) is 42.9 Å². The van der Waals surface area contributed by atoms with Gasteiger partial charge in [-0.15, -0.1) is 0 Å². The molecule has 5 heteroatoms. The van der Waals surface area contributed by atoms with Gasteiger partial charge in [0.1, 0.15) is 11.6 Å². The van der Waals surface area contributed by atoms with Crippen LogP contribution in [-0.4, -0.2) is 54.2 Å². The third-order valence-corrected chi connectivity index (χ3v) is 4.86. The van der Waals surface area contributed by atoms with Crippen molar-refractivity contribution in [2.24, 2.45) is 0 Å². The number of benzene rings is 1. The molecule has 0 unspecified atom stereocenters. The van der Waals surface area contributed by atoms with Gasteiger partial charge in [-0.1, -0.05) is 18.2 Å². The summed E-state index contributed by atoms with van der Waals surface area (Å²) >= 11 is 0. The van der Waals surface area contributed by atoms with Crippen molar-refractivity contribution in [1.82, 2.24) is 14.9 Å². The molecule has 0 N–H and O–H groups in total. The van der Waals surface area contributed by atoms with Crippen molar-refractivity contribution in [2.75, 3.05) is 44.2 Å². The molecule has 1 fully saturated rings. The summed E-state index contributed by atoms with van der Waals surface area (Å²) in [7, 11) is 0. The molecule has 0 bridgehead atoms. The topological polar surface area (TPSA) is 41.5 Å². The summed E-state index contributed by atoms with van der Waals surface area (Å²) in [4.78, 5) is 13.5. The average molecular weight is 348 g/mol. The highest BCUT2D eigenvalue weighted by atomic mass is 16.5. The second kappa shape index (κ2) is 8.15. The minimum absolute atomic E-state index is 0.738. The lowest BCUT2D eigenvalue weighted by atomic mass is 10.1. The molecule has 4 rings (SSSR count). The quantitative estimate of drug-likeness (QED) is 0.640. The number of rotatable bonds is 6. The van der Waals surface area contributed by atoms with Crippen molar-refractivity contribution in [3.8, 4) is 5.75 Å². The minimum atomic E-state index is 0.738. The van der Waals surface area contributed by atoms with Crippen LogP contribution in [0.1, 0.15) is 6.42 Å². The first-order valence-corrected chi connectivity index (χ1v) is 9.24. The fourth-order valence-corrected chi connectivity index (χ4v) is 3.43. The van der Waals surface area contributed by atoms with Crippen molar-refractivity contribution < 1.29 is 4.74 Å². The fourth-order valence-electron chi connectivity index (χ4n) is 3.43. The normalized spacial score (nSPS) is 15.3. The highest BCUT2D eigenvalue weighted by Gasteiger charge is 2.17. The van der Waals surface area contributed by atoms with Crippen molar-refractivity contribution in [3.05, 3.63) is 61.1 Å². The molecule has 1 aliphatic rings. The van der Waals surface area contributed by atoms with Crippen LogP contribution < -0.4 is 9.64 Å². The standard InChI is InChI=1S/C21H24N4O/c1-2-9-23-21(7-1)25-14-12-24(13-15-25)11-4-16-26-20-6-3-5-18-17-22-10-8-19(18)20/h1-3,5-10,17H,4,11-16H2. The fraction of sp³-hybridized carbons (Fsp3) is 0.333. The number of fused-ring (bicyclic) bond motifs is 1. The van der Waals surface area contributed by atoms with Crippen molar-refractivity contribution in [2.45, 2.75) is 6.42 Å². The van der Waals surface area contributed by atoms with E-state index >= 15 is 0 Å². The average Bonchev–Trinajstić information content (AvgIpc) is 2.72. The summed E-state index contributed by atoms with van der Waals surface area (Å²) in [5.41, 5.74) is 0. The molecule has 0 amide bonds. The molecule has 1 aromatic carbocycles. The van der Waals surface area contributed by atoms with Gasteiger partial charge in [0.25, 0.3) is 0 Å². The first-order chi connectivity index (χ1) is 12.9. The molecule has 26 heavy (non-hydrogen) atoms. The van der Waals surface area contributed by atoms with Crippen LogP contribution in [0.15, 0.2) is 61.1 Å². The van der Waals surface area contributed by atoms with E-state index in [1.54, 1.807) is 0 Å². The molecule has 0 radical (unpaired) electrons. The van der Waals surface area contributed by atoms with Crippen LogP contribution in [0, 0.1) is 0 Å². The Morgan fingerprint density at radius 2 is 1.85 bits per heavy atom. The van der Waals surface area contributed by atoms with Crippen molar-refractivity contribution in [1.29, 1.82) is 0 Å². The van der Waals surface area contributed by atoms with E-state index in [2.05, 4.69) is 38.0 Å². The Morgan fingerprint density at radius 1 is 0.923 bits per heavy atom. The predicted octanol–water partition coefficient (Wildman–Crippen LogP) is 3.22.